The van der Waals surface area contributed by atoms with Crippen LogP contribution in [-0.2, 0) is 9.53 Å². The molecule has 3 N–H and O–H groups in total. The van der Waals surface area contributed by atoms with E-state index in [4.69, 9.17) is 10.5 Å². The quantitative estimate of drug-likeness (QED) is 0.685. The van der Waals surface area contributed by atoms with E-state index in [0.29, 0.717) is 25.0 Å². The number of ether oxygens (including phenoxy) is 1. The maximum Gasteiger partial charge on any atom is 0.220 e. The van der Waals surface area contributed by atoms with Gasteiger partial charge >= 0.3 is 0 Å². The van der Waals surface area contributed by atoms with Crippen molar-refractivity contribution in [3.8, 4) is 0 Å². The molecule has 1 fully saturated rings. The fraction of sp³-hybridized carbons (Fsp3) is 0.929. The van der Waals surface area contributed by atoms with Gasteiger partial charge in [0.15, 0.2) is 0 Å². The molecule has 1 saturated carbocycles. The minimum absolute atomic E-state index is 0. The number of carbonyl (C=O) groups excluding carboxylic acids is 1. The van der Waals surface area contributed by atoms with Gasteiger partial charge in [-0.25, -0.2) is 0 Å². The maximum absolute atomic E-state index is 11.5. The van der Waals surface area contributed by atoms with E-state index in [1.165, 1.54) is 25.7 Å². The highest BCUT2D eigenvalue weighted by atomic mass is 35.5. The Bertz CT molecular complexity index is 233. The Labute approximate surface area is 123 Å². The van der Waals surface area contributed by atoms with E-state index in [1.54, 1.807) is 0 Å². The van der Waals surface area contributed by atoms with E-state index in [1.807, 2.05) is 6.92 Å². The predicted molar refractivity (Wildman–Crippen MR) is 80.5 cm³/mol. The Kier molecular flexibility index (Phi) is 11.3. The molecule has 5 heteroatoms. The molecule has 4 nitrogen and oxygen atoms in total. The molecule has 0 bridgehead atoms. The van der Waals surface area contributed by atoms with Crippen molar-refractivity contribution < 1.29 is 9.53 Å². The second kappa shape index (κ2) is 11.5. The molecule has 114 valence electrons. The Morgan fingerprint density at radius 1 is 1.42 bits per heavy atom. The molecule has 1 rings (SSSR count). The van der Waals surface area contributed by atoms with Crippen LogP contribution in [0.3, 0.4) is 0 Å². The Hall–Kier alpha value is -0.320. The van der Waals surface area contributed by atoms with Crippen molar-refractivity contribution in [3.05, 3.63) is 0 Å². The van der Waals surface area contributed by atoms with Crippen LogP contribution in [-0.4, -0.2) is 31.7 Å². The summed E-state index contributed by atoms with van der Waals surface area (Å²) in [5, 5.41) is 2.96. The van der Waals surface area contributed by atoms with Crippen molar-refractivity contribution in [1.29, 1.82) is 0 Å². The minimum atomic E-state index is 0. The molecular weight excluding hydrogens is 264 g/mol. The second-order valence-electron chi connectivity index (χ2n) is 5.07. The summed E-state index contributed by atoms with van der Waals surface area (Å²) in [7, 11) is 0. The van der Waals surface area contributed by atoms with Gasteiger partial charge in [0.25, 0.3) is 0 Å². The molecule has 0 saturated heterocycles. The first-order valence-electron chi connectivity index (χ1n) is 7.36. The number of rotatable bonds is 9. The van der Waals surface area contributed by atoms with Crippen molar-refractivity contribution in [2.45, 2.75) is 58.0 Å². The number of amides is 1. The third-order valence-corrected chi connectivity index (χ3v) is 3.67. The van der Waals surface area contributed by atoms with Gasteiger partial charge in [-0.3, -0.25) is 4.79 Å². The average Bonchev–Trinajstić information content (AvgIpc) is 2.89. The highest BCUT2D eigenvalue weighted by Gasteiger charge is 2.25. The highest BCUT2D eigenvalue weighted by molar-refractivity contribution is 5.85. The lowest BCUT2D eigenvalue weighted by Crippen LogP contribution is -2.31. The lowest BCUT2D eigenvalue weighted by atomic mass is 9.98. The summed E-state index contributed by atoms with van der Waals surface area (Å²) in [6, 6.07) is 0. The van der Waals surface area contributed by atoms with Gasteiger partial charge < -0.3 is 15.8 Å². The lowest BCUT2D eigenvalue weighted by molar-refractivity contribution is -0.121. The number of hydrogen-bond acceptors (Lipinski definition) is 3. The molecule has 0 aromatic heterocycles. The molecule has 0 aromatic rings. The number of nitrogens with one attached hydrogen (secondary N) is 1. The van der Waals surface area contributed by atoms with Gasteiger partial charge in [-0.05, 0) is 45.1 Å². The first-order chi connectivity index (χ1) is 8.77. The number of hydrogen-bond donors (Lipinski definition) is 2. The zero-order valence-corrected chi connectivity index (χ0v) is 12.8. The van der Waals surface area contributed by atoms with Gasteiger partial charge in [0.2, 0.25) is 5.91 Å². The van der Waals surface area contributed by atoms with Crippen LogP contribution < -0.4 is 11.1 Å². The SMILES string of the molecule is CCOC(CCNC(=O)CCCN)C1CCCC1.Cl. The van der Waals surface area contributed by atoms with E-state index in [0.717, 1.165) is 26.0 Å². The highest BCUT2D eigenvalue weighted by Crippen LogP contribution is 2.30. The summed E-state index contributed by atoms with van der Waals surface area (Å²) in [5.74, 6) is 0.813. The fourth-order valence-corrected chi connectivity index (χ4v) is 2.70. The molecule has 1 amide bonds. The van der Waals surface area contributed by atoms with Crippen LogP contribution in [0.5, 0.6) is 0 Å². The molecule has 0 heterocycles. The third-order valence-electron chi connectivity index (χ3n) is 3.67. The molecular formula is C14H29ClN2O2. The molecule has 0 radical (unpaired) electrons. The first-order valence-corrected chi connectivity index (χ1v) is 7.36. The fourth-order valence-electron chi connectivity index (χ4n) is 2.70. The monoisotopic (exact) mass is 292 g/mol. The van der Waals surface area contributed by atoms with E-state index in [9.17, 15) is 4.79 Å². The number of halogens is 1. The lowest BCUT2D eigenvalue weighted by Gasteiger charge is -2.23. The van der Waals surface area contributed by atoms with Gasteiger partial charge in [-0.2, -0.15) is 0 Å². The van der Waals surface area contributed by atoms with Crippen LogP contribution in [0.25, 0.3) is 0 Å². The predicted octanol–water partition coefficient (Wildman–Crippen LogP) is 2.25. The number of nitrogens with two attached hydrogens (primary N) is 1. The van der Waals surface area contributed by atoms with Crippen molar-refractivity contribution in [1.82, 2.24) is 5.32 Å². The minimum Gasteiger partial charge on any atom is -0.378 e. The van der Waals surface area contributed by atoms with Crippen LogP contribution >= 0.6 is 12.4 Å². The summed E-state index contributed by atoms with van der Waals surface area (Å²) in [6.45, 7) is 4.12. The molecule has 0 aliphatic heterocycles. The standard InChI is InChI=1S/C14H28N2O2.ClH/c1-2-18-13(12-6-3-4-7-12)9-11-16-14(17)8-5-10-15;/h12-13H,2-11,15H2,1H3,(H,16,17);1H. The van der Waals surface area contributed by atoms with E-state index >= 15 is 0 Å². The van der Waals surface area contributed by atoms with Crippen LogP contribution in [0.2, 0.25) is 0 Å². The summed E-state index contributed by atoms with van der Waals surface area (Å²) < 4.78 is 5.82. The van der Waals surface area contributed by atoms with Gasteiger partial charge in [0.1, 0.15) is 0 Å². The van der Waals surface area contributed by atoms with Gasteiger partial charge in [-0.1, -0.05) is 12.8 Å². The van der Waals surface area contributed by atoms with E-state index in [-0.39, 0.29) is 18.3 Å². The summed E-state index contributed by atoms with van der Waals surface area (Å²) in [4.78, 5) is 11.5. The summed E-state index contributed by atoms with van der Waals surface area (Å²) >= 11 is 0. The van der Waals surface area contributed by atoms with E-state index < -0.39 is 0 Å². The van der Waals surface area contributed by atoms with Gasteiger partial charge in [-0.15, -0.1) is 12.4 Å². The zero-order chi connectivity index (χ0) is 13.2. The van der Waals surface area contributed by atoms with Crippen molar-refractivity contribution >= 4 is 18.3 Å². The second-order valence-corrected chi connectivity index (χ2v) is 5.07. The Morgan fingerprint density at radius 3 is 2.68 bits per heavy atom. The van der Waals surface area contributed by atoms with E-state index in [2.05, 4.69) is 5.32 Å². The van der Waals surface area contributed by atoms with Gasteiger partial charge in [0, 0.05) is 19.6 Å². The van der Waals surface area contributed by atoms with Crippen molar-refractivity contribution in [3.63, 3.8) is 0 Å². The molecule has 19 heavy (non-hydrogen) atoms. The van der Waals surface area contributed by atoms with Crippen LogP contribution in [0.4, 0.5) is 0 Å². The normalized spacial score (nSPS) is 16.9. The van der Waals surface area contributed by atoms with Crippen LogP contribution in [0.15, 0.2) is 0 Å². The Balaban J connectivity index is 0.00000324. The number of carbonyl (C=O) groups is 1. The smallest absolute Gasteiger partial charge is 0.220 e. The summed E-state index contributed by atoms with van der Waals surface area (Å²) in [5.41, 5.74) is 5.38. The van der Waals surface area contributed by atoms with Crippen molar-refractivity contribution in [2.24, 2.45) is 11.7 Å². The van der Waals surface area contributed by atoms with Crippen LogP contribution in [0.1, 0.15) is 51.9 Å². The maximum atomic E-state index is 11.5. The zero-order valence-electron chi connectivity index (χ0n) is 12.0. The molecule has 1 aliphatic carbocycles. The van der Waals surface area contributed by atoms with Gasteiger partial charge in [0.05, 0.1) is 6.10 Å². The molecule has 1 unspecified atom stereocenters. The largest absolute Gasteiger partial charge is 0.378 e. The van der Waals surface area contributed by atoms with Crippen LogP contribution in [0, 0.1) is 5.92 Å². The molecule has 1 aliphatic rings. The topological polar surface area (TPSA) is 64.3 Å². The van der Waals surface area contributed by atoms with Crippen molar-refractivity contribution in [2.75, 3.05) is 19.7 Å². The summed E-state index contributed by atoms with van der Waals surface area (Å²) in [6.07, 6.45) is 7.80. The molecule has 0 spiro atoms. The molecule has 0 aromatic carbocycles. The molecule has 1 atom stereocenters. The first kappa shape index (κ1) is 18.7. The Morgan fingerprint density at radius 2 is 2.11 bits per heavy atom. The third kappa shape index (κ3) is 7.75. The average molecular weight is 293 g/mol.